The molecule has 0 radical (unpaired) electrons. The third-order valence-electron chi connectivity index (χ3n) is 3.02. The SMILES string of the molecule is CCOc1ccc(C2=N/C(=C\c3cccnc3)C(=O)O2)cc1. The third kappa shape index (κ3) is 3.03. The van der Waals surface area contributed by atoms with Crippen molar-refractivity contribution in [3.63, 3.8) is 0 Å². The van der Waals surface area contributed by atoms with E-state index in [9.17, 15) is 4.79 Å². The van der Waals surface area contributed by atoms with E-state index < -0.39 is 5.97 Å². The number of carbonyl (C=O) groups excluding carboxylic acids is 1. The molecule has 0 aliphatic carbocycles. The van der Waals surface area contributed by atoms with E-state index in [0.29, 0.717) is 12.5 Å². The fraction of sp³-hybridized carbons (Fsp3) is 0.118. The van der Waals surface area contributed by atoms with E-state index in [-0.39, 0.29) is 5.70 Å². The molecule has 0 bridgehead atoms. The Hall–Kier alpha value is -2.95. The molecule has 0 saturated carbocycles. The molecule has 0 fully saturated rings. The highest BCUT2D eigenvalue weighted by atomic mass is 16.6. The van der Waals surface area contributed by atoms with Crippen molar-refractivity contribution < 1.29 is 14.3 Å². The predicted molar refractivity (Wildman–Crippen MR) is 82.5 cm³/mol. The fourth-order valence-corrected chi connectivity index (χ4v) is 2.01. The summed E-state index contributed by atoms with van der Waals surface area (Å²) < 4.78 is 10.6. The smallest absolute Gasteiger partial charge is 0.363 e. The number of aliphatic imine (C=N–C) groups is 1. The van der Waals surface area contributed by atoms with E-state index in [1.165, 1.54) is 0 Å². The van der Waals surface area contributed by atoms with Crippen molar-refractivity contribution in [1.82, 2.24) is 4.98 Å². The second-order valence-electron chi connectivity index (χ2n) is 4.58. The molecule has 0 atom stereocenters. The van der Waals surface area contributed by atoms with Gasteiger partial charge in [-0.05, 0) is 48.9 Å². The monoisotopic (exact) mass is 294 g/mol. The van der Waals surface area contributed by atoms with Gasteiger partial charge in [0.25, 0.3) is 0 Å². The van der Waals surface area contributed by atoms with Crippen LogP contribution in [0.25, 0.3) is 6.08 Å². The zero-order chi connectivity index (χ0) is 15.4. The zero-order valence-electron chi connectivity index (χ0n) is 12.0. The van der Waals surface area contributed by atoms with Gasteiger partial charge in [0.1, 0.15) is 5.75 Å². The summed E-state index contributed by atoms with van der Waals surface area (Å²) in [6, 6.07) is 10.9. The molecule has 1 aromatic carbocycles. The van der Waals surface area contributed by atoms with Gasteiger partial charge >= 0.3 is 5.97 Å². The van der Waals surface area contributed by atoms with E-state index >= 15 is 0 Å². The summed E-state index contributed by atoms with van der Waals surface area (Å²) in [7, 11) is 0. The average Bonchev–Trinajstić information content (AvgIpc) is 2.90. The number of rotatable bonds is 4. The zero-order valence-corrected chi connectivity index (χ0v) is 12.0. The van der Waals surface area contributed by atoms with Crippen LogP contribution >= 0.6 is 0 Å². The second-order valence-corrected chi connectivity index (χ2v) is 4.58. The van der Waals surface area contributed by atoms with Crippen LogP contribution in [0.15, 0.2) is 59.5 Å². The summed E-state index contributed by atoms with van der Waals surface area (Å²) in [6.07, 6.45) is 4.98. The minimum absolute atomic E-state index is 0.261. The van der Waals surface area contributed by atoms with Crippen molar-refractivity contribution >= 4 is 17.9 Å². The standard InChI is InChI=1S/C17H14N2O3/c1-2-21-14-7-5-13(6-8-14)16-19-15(17(20)22-16)10-12-4-3-9-18-11-12/h3-11H,2H2,1H3/b15-10-. The molecular weight excluding hydrogens is 280 g/mol. The maximum atomic E-state index is 11.9. The van der Waals surface area contributed by atoms with Crippen LogP contribution in [0.5, 0.6) is 5.75 Å². The van der Waals surface area contributed by atoms with E-state index in [1.807, 2.05) is 37.3 Å². The number of ether oxygens (including phenoxy) is 2. The quantitative estimate of drug-likeness (QED) is 0.642. The van der Waals surface area contributed by atoms with Gasteiger partial charge in [-0.2, -0.15) is 0 Å². The summed E-state index contributed by atoms with van der Waals surface area (Å²) in [4.78, 5) is 20.1. The molecular formula is C17H14N2O3. The molecule has 1 aromatic heterocycles. The summed E-state index contributed by atoms with van der Waals surface area (Å²) in [6.45, 7) is 2.53. The van der Waals surface area contributed by atoms with Crippen LogP contribution in [0.3, 0.4) is 0 Å². The van der Waals surface area contributed by atoms with Gasteiger partial charge in [0.15, 0.2) is 5.70 Å². The van der Waals surface area contributed by atoms with Crippen LogP contribution in [0.4, 0.5) is 0 Å². The first-order chi connectivity index (χ1) is 10.8. The molecule has 2 heterocycles. The molecule has 0 N–H and O–H groups in total. The molecule has 1 aliphatic heterocycles. The van der Waals surface area contributed by atoms with Crippen LogP contribution < -0.4 is 4.74 Å². The van der Waals surface area contributed by atoms with Crippen molar-refractivity contribution in [3.8, 4) is 5.75 Å². The molecule has 22 heavy (non-hydrogen) atoms. The van der Waals surface area contributed by atoms with Gasteiger partial charge in [0.05, 0.1) is 6.61 Å². The number of carbonyl (C=O) groups is 1. The predicted octanol–water partition coefficient (Wildman–Crippen LogP) is 2.82. The lowest BCUT2D eigenvalue weighted by Gasteiger charge is -2.03. The lowest BCUT2D eigenvalue weighted by molar-refractivity contribution is -0.129. The Kier molecular flexibility index (Phi) is 3.96. The van der Waals surface area contributed by atoms with Crippen molar-refractivity contribution in [2.75, 3.05) is 6.61 Å². The third-order valence-corrected chi connectivity index (χ3v) is 3.02. The number of benzene rings is 1. The van der Waals surface area contributed by atoms with Gasteiger partial charge in [-0.25, -0.2) is 9.79 Å². The summed E-state index contributed by atoms with van der Waals surface area (Å²) in [5.74, 6) is 0.596. The molecule has 3 rings (SSSR count). The Bertz CT molecular complexity index is 734. The highest BCUT2D eigenvalue weighted by molar-refractivity contribution is 6.12. The van der Waals surface area contributed by atoms with E-state index in [4.69, 9.17) is 9.47 Å². The first-order valence-corrected chi connectivity index (χ1v) is 6.92. The molecule has 0 spiro atoms. The molecule has 0 amide bonds. The van der Waals surface area contributed by atoms with Crippen molar-refractivity contribution in [3.05, 3.63) is 65.6 Å². The van der Waals surface area contributed by atoms with Crippen LogP contribution in [-0.2, 0) is 9.53 Å². The first-order valence-electron chi connectivity index (χ1n) is 6.92. The van der Waals surface area contributed by atoms with Crippen LogP contribution in [0, 0.1) is 0 Å². The van der Waals surface area contributed by atoms with Gasteiger partial charge in [-0.1, -0.05) is 6.07 Å². The van der Waals surface area contributed by atoms with Crippen LogP contribution in [-0.4, -0.2) is 23.5 Å². The van der Waals surface area contributed by atoms with Crippen molar-refractivity contribution in [2.24, 2.45) is 4.99 Å². The number of pyridine rings is 1. The van der Waals surface area contributed by atoms with Crippen molar-refractivity contribution in [1.29, 1.82) is 0 Å². The highest BCUT2D eigenvalue weighted by Crippen LogP contribution is 2.20. The Morgan fingerprint density at radius 1 is 1.23 bits per heavy atom. The topological polar surface area (TPSA) is 60.8 Å². The lowest BCUT2D eigenvalue weighted by atomic mass is 10.2. The summed E-state index contributed by atoms with van der Waals surface area (Å²) in [5.41, 5.74) is 1.79. The fourth-order valence-electron chi connectivity index (χ4n) is 2.01. The highest BCUT2D eigenvalue weighted by Gasteiger charge is 2.24. The maximum absolute atomic E-state index is 11.9. The average molecular weight is 294 g/mol. The van der Waals surface area contributed by atoms with Gasteiger partial charge in [0, 0.05) is 18.0 Å². The molecule has 0 saturated heterocycles. The van der Waals surface area contributed by atoms with Gasteiger partial charge < -0.3 is 9.47 Å². The van der Waals surface area contributed by atoms with Gasteiger partial charge in [-0.3, -0.25) is 4.98 Å². The minimum atomic E-state index is -0.465. The normalized spacial score (nSPS) is 15.6. The minimum Gasteiger partial charge on any atom is -0.494 e. The van der Waals surface area contributed by atoms with Gasteiger partial charge in [0.2, 0.25) is 5.90 Å². The Balaban J connectivity index is 1.85. The van der Waals surface area contributed by atoms with E-state index in [1.54, 1.807) is 24.5 Å². The molecule has 5 heteroatoms. The number of cyclic esters (lactones) is 1. The maximum Gasteiger partial charge on any atom is 0.363 e. The largest absolute Gasteiger partial charge is 0.494 e. The first kappa shape index (κ1) is 14.0. The van der Waals surface area contributed by atoms with E-state index in [2.05, 4.69) is 9.98 Å². The lowest BCUT2D eigenvalue weighted by Crippen LogP contribution is -2.05. The summed E-state index contributed by atoms with van der Waals surface area (Å²) in [5, 5.41) is 0. The van der Waals surface area contributed by atoms with E-state index in [0.717, 1.165) is 16.9 Å². The second kappa shape index (κ2) is 6.22. The number of esters is 1. The summed E-state index contributed by atoms with van der Waals surface area (Å²) >= 11 is 0. The van der Waals surface area contributed by atoms with Crippen LogP contribution in [0.2, 0.25) is 0 Å². The molecule has 0 unspecified atom stereocenters. The molecule has 5 nitrogen and oxygen atoms in total. The van der Waals surface area contributed by atoms with Gasteiger partial charge in [-0.15, -0.1) is 0 Å². The Labute approximate surface area is 127 Å². The number of hydrogen-bond donors (Lipinski definition) is 0. The molecule has 110 valence electrons. The van der Waals surface area contributed by atoms with Crippen LogP contribution in [0.1, 0.15) is 18.1 Å². The molecule has 1 aliphatic rings. The molecule has 2 aromatic rings. The number of hydrogen-bond acceptors (Lipinski definition) is 5. The Morgan fingerprint density at radius 2 is 2.05 bits per heavy atom. The van der Waals surface area contributed by atoms with Crippen molar-refractivity contribution in [2.45, 2.75) is 6.92 Å². The number of aromatic nitrogens is 1. The Morgan fingerprint density at radius 3 is 2.73 bits per heavy atom. The number of nitrogens with zero attached hydrogens (tertiary/aromatic N) is 2.